The van der Waals surface area contributed by atoms with Crippen molar-refractivity contribution in [1.82, 2.24) is 0 Å². The molecule has 2 aliphatic rings. The highest BCUT2D eigenvalue weighted by molar-refractivity contribution is 7.17. The number of rotatable bonds is 1. The molecule has 0 bridgehead atoms. The fourth-order valence-electron chi connectivity index (χ4n) is 4.39. The average Bonchev–Trinajstić information content (AvgIpc) is 3.13. The standard InChI is InChI=1S/C23H20S/c1-23(2)20-9-5-3-7-16(20)17-12-11-15(13-21(17)23)19-14-24-22-10-6-4-8-18(19)22/h3-4,6-8,10-14H,5,9H2,1-2H3. The van der Waals surface area contributed by atoms with E-state index in [9.17, 15) is 0 Å². The van der Waals surface area contributed by atoms with Gasteiger partial charge in [0.05, 0.1) is 0 Å². The largest absolute Gasteiger partial charge is 0.143 e. The molecular weight excluding hydrogens is 308 g/mol. The van der Waals surface area contributed by atoms with E-state index < -0.39 is 0 Å². The fourth-order valence-corrected chi connectivity index (χ4v) is 5.36. The molecule has 0 unspecified atom stereocenters. The predicted octanol–water partition coefficient (Wildman–Crippen LogP) is 6.96. The summed E-state index contributed by atoms with van der Waals surface area (Å²) in [7, 11) is 0. The lowest BCUT2D eigenvalue weighted by Gasteiger charge is -2.26. The lowest BCUT2D eigenvalue weighted by molar-refractivity contribution is 0.607. The Morgan fingerprint density at radius 2 is 1.88 bits per heavy atom. The molecule has 0 radical (unpaired) electrons. The number of allylic oxidation sites excluding steroid dienone is 4. The highest BCUT2D eigenvalue weighted by atomic mass is 32.1. The van der Waals surface area contributed by atoms with Crippen LogP contribution in [-0.2, 0) is 5.41 Å². The molecule has 1 heterocycles. The van der Waals surface area contributed by atoms with E-state index in [0.717, 1.165) is 0 Å². The topological polar surface area (TPSA) is 0 Å². The molecule has 5 rings (SSSR count). The van der Waals surface area contributed by atoms with E-state index in [1.165, 1.54) is 50.8 Å². The molecular formula is C23H20S. The Morgan fingerprint density at radius 1 is 1.00 bits per heavy atom. The van der Waals surface area contributed by atoms with Gasteiger partial charge < -0.3 is 0 Å². The molecule has 0 saturated carbocycles. The van der Waals surface area contributed by atoms with Crippen molar-refractivity contribution in [2.75, 3.05) is 0 Å². The minimum atomic E-state index is 0.150. The van der Waals surface area contributed by atoms with Crippen molar-refractivity contribution in [1.29, 1.82) is 0 Å². The summed E-state index contributed by atoms with van der Waals surface area (Å²) >= 11 is 1.84. The van der Waals surface area contributed by atoms with E-state index in [-0.39, 0.29) is 5.41 Å². The van der Waals surface area contributed by atoms with Gasteiger partial charge in [0.25, 0.3) is 0 Å². The zero-order chi connectivity index (χ0) is 16.3. The van der Waals surface area contributed by atoms with Gasteiger partial charge in [-0.25, -0.2) is 0 Å². The molecule has 0 saturated heterocycles. The molecule has 2 aliphatic carbocycles. The maximum absolute atomic E-state index is 2.44. The maximum Gasteiger partial charge on any atom is 0.0349 e. The van der Waals surface area contributed by atoms with Crippen LogP contribution in [0.4, 0.5) is 0 Å². The Morgan fingerprint density at radius 3 is 2.79 bits per heavy atom. The molecule has 0 aliphatic heterocycles. The monoisotopic (exact) mass is 328 g/mol. The van der Waals surface area contributed by atoms with Crippen molar-refractivity contribution < 1.29 is 0 Å². The summed E-state index contributed by atoms with van der Waals surface area (Å²) in [5.74, 6) is 0. The van der Waals surface area contributed by atoms with Crippen LogP contribution >= 0.6 is 11.3 Å². The molecule has 0 atom stereocenters. The zero-order valence-corrected chi connectivity index (χ0v) is 14.9. The van der Waals surface area contributed by atoms with Crippen LogP contribution < -0.4 is 0 Å². The Bertz CT molecular complexity index is 1030. The van der Waals surface area contributed by atoms with E-state index in [2.05, 4.69) is 73.8 Å². The van der Waals surface area contributed by atoms with Crippen LogP contribution in [0, 0.1) is 0 Å². The van der Waals surface area contributed by atoms with Gasteiger partial charge in [0.15, 0.2) is 0 Å². The Hall–Kier alpha value is -2.12. The molecule has 0 nitrogen and oxygen atoms in total. The van der Waals surface area contributed by atoms with Gasteiger partial charge in [0.2, 0.25) is 0 Å². The molecule has 1 aromatic heterocycles. The molecule has 2 aromatic carbocycles. The van der Waals surface area contributed by atoms with Crippen LogP contribution in [0.25, 0.3) is 26.8 Å². The average molecular weight is 328 g/mol. The van der Waals surface area contributed by atoms with E-state index in [0.29, 0.717) is 0 Å². The van der Waals surface area contributed by atoms with Gasteiger partial charge in [-0.1, -0.05) is 61.9 Å². The molecule has 24 heavy (non-hydrogen) atoms. The van der Waals surface area contributed by atoms with E-state index in [1.54, 1.807) is 5.57 Å². The molecule has 3 aromatic rings. The summed E-state index contributed by atoms with van der Waals surface area (Å²) in [6, 6.07) is 15.8. The van der Waals surface area contributed by atoms with Crippen LogP contribution in [0.1, 0.15) is 37.8 Å². The minimum Gasteiger partial charge on any atom is -0.143 e. The zero-order valence-electron chi connectivity index (χ0n) is 14.1. The second-order valence-corrected chi connectivity index (χ2v) is 8.28. The number of thiophene rings is 1. The van der Waals surface area contributed by atoms with E-state index in [4.69, 9.17) is 0 Å². The van der Waals surface area contributed by atoms with Crippen LogP contribution in [0.15, 0.2) is 65.6 Å². The summed E-state index contributed by atoms with van der Waals surface area (Å²) in [4.78, 5) is 0. The van der Waals surface area contributed by atoms with Gasteiger partial charge in [0, 0.05) is 21.1 Å². The first-order valence-corrected chi connectivity index (χ1v) is 9.56. The fraction of sp³-hybridized carbons (Fsp3) is 0.217. The highest BCUT2D eigenvalue weighted by Gasteiger charge is 2.37. The quantitative estimate of drug-likeness (QED) is 0.453. The van der Waals surface area contributed by atoms with Crippen molar-refractivity contribution in [3.05, 3.63) is 76.7 Å². The molecule has 0 spiro atoms. The van der Waals surface area contributed by atoms with Crippen LogP contribution in [0.3, 0.4) is 0 Å². The van der Waals surface area contributed by atoms with Gasteiger partial charge in [-0.2, -0.15) is 0 Å². The minimum absolute atomic E-state index is 0.150. The molecule has 118 valence electrons. The summed E-state index contributed by atoms with van der Waals surface area (Å²) in [6.45, 7) is 4.78. The van der Waals surface area contributed by atoms with Gasteiger partial charge >= 0.3 is 0 Å². The number of fused-ring (bicyclic) bond motifs is 3. The summed E-state index contributed by atoms with van der Waals surface area (Å²) in [5.41, 5.74) is 8.89. The van der Waals surface area contributed by atoms with Gasteiger partial charge in [0.1, 0.15) is 0 Å². The van der Waals surface area contributed by atoms with Gasteiger partial charge in [-0.05, 0) is 52.6 Å². The summed E-state index contributed by atoms with van der Waals surface area (Å²) in [5, 5.41) is 3.68. The third kappa shape index (κ3) is 1.85. The molecule has 0 N–H and O–H groups in total. The smallest absolute Gasteiger partial charge is 0.0349 e. The molecule has 1 heteroatoms. The summed E-state index contributed by atoms with van der Waals surface area (Å²) < 4.78 is 1.37. The van der Waals surface area contributed by atoms with Crippen LogP contribution in [-0.4, -0.2) is 0 Å². The first kappa shape index (κ1) is 14.2. The van der Waals surface area contributed by atoms with Crippen LogP contribution in [0.2, 0.25) is 0 Å². The van der Waals surface area contributed by atoms with Crippen molar-refractivity contribution in [2.45, 2.75) is 32.1 Å². The van der Waals surface area contributed by atoms with E-state index >= 15 is 0 Å². The van der Waals surface area contributed by atoms with Crippen molar-refractivity contribution in [2.24, 2.45) is 0 Å². The van der Waals surface area contributed by atoms with Crippen molar-refractivity contribution >= 4 is 27.0 Å². The summed E-state index contributed by atoms with van der Waals surface area (Å²) in [6.07, 6.45) is 7.04. The number of benzene rings is 2. The van der Waals surface area contributed by atoms with Crippen molar-refractivity contribution in [3.8, 4) is 11.1 Å². The second-order valence-electron chi connectivity index (χ2n) is 7.36. The Kier molecular flexibility index (Phi) is 2.93. The molecule has 0 fully saturated rings. The third-order valence-corrected chi connectivity index (χ3v) is 6.66. The SMILES string of the molecule is CC1(C)C2=C(C=CCC2)c2ccc(-c3csc4ccccc34)cc21. The highest BCUT2D eigenvalue weighted by Crippen LogP contribution is 2.51. The normalized spacial score (nSPS) is 18.1. The number of hydrogen-bond acceptors (Lipinski definition) is 1. The second kappa shape index (κ2) is 4.94. The van der Waals surface area contributed by atoms with Crippen LogP contribution in [0.5, 0.6) is 0 Å². The first-order valence-electron chi connectivity index (χ1n) is 8.68. The molecule has 0 amide bonds. The Balaban J connectivity index is 1.71. The third-order valence-electron chi connectivity index (χ3n) is 5.70. The lowest BCUT2D eigenvalue weighted by Crippen LogP contribution is -2.17. The van der Waals surface area contributed by atoms with Crippen molar-refractivity contribution in [3.63, 3.8) is 0 Å². The lowest BCUT2D eigenvalue weighted by atomic mass is 9.78. The Labute approximate surface area is 147 Å². The number of hydrogen-bond donors (Lipinski definition) is 0. The predicted molar refractivity (Wildman–Crippen MR) is 106 cm³/mol. The van der Waals surface area contributed by atoms with Gasteiger partial charge in [-0.3, -0.25) is 0 Å². The maximum atomic E-state index is 2.44. The van der Waals surface area contributed by atoms with E-state index in [1.807, 2.05) is 11.3 Å². The van der Waals surface area contributed by atoms with Gasteiger partial charge in [-0.15, -0.1) is 11.3 Å². The first-order chi connectivity index (χ1) is 11.7.